The minimum atomic E-state index is 0.0265. The van der Waals surface area contributed by atoms with E-state index in [1.54, 1.807) is 0 Å². The van der Waals surface area contributed by atoms with Crippen LogP contribution in [0.2, 0.25) is 0 Å². The quantitative estimate of drug-likeness (QED) is 0.165. The highest BCUT2D eigenvalue weighted by atomic mass is 16.1. The number of hydrogen-bond donors (Lipinski definition) is 0. The van der Waals surface area contributed by atoms with Crippen LogP contribution < -0.4 is 5.56 Å². The van der Waals surface area contributed by atoms with Gasteiger partial charge in [-0.15, -0.1) is 0 Å². The Morgan fingerprint density at radius 1 is 0.271 bits per heavy atom. The molecule has 0 radical (unpaired) electrons. The largest absolute Gasteiger partial charge is 0.309 e. The van der Waals surface area contributed by atoms with Gasteiger partial charge in [0.1, 0.15) is 0 Å². The SMILES string of the molecule is O=c1c2ccccc2c2cccc3c4cc(-c5ccc6c(c5)c5cc(-c7cccc(-n8c9ccccc9c9ccccc98)c7)ccc5n6-c5ccccc5)ccc4n1c23. The Morgan fingerprint density at radius 3 is 1.34 bits per heavy atom. The second-order valence-electron chi connectivity index (χ2n) is 15.7. The van der Waals surface area contributed by atoms with E-state index in [-0.39, 0.29) is 5.56 Å². The number of fused-ring (bicyclic) bond motifs is 11. The Balaban J connectivity index is 1.01. The summed E-state index contributed by atoms with van der Waals surface area (Å²) in [4.78, 5) is 14.0. The van der Waals surface area contributed by atoms with E-state index >= 15 is 0 Å². The summed E-state index contributed by atoms with van der Waals surface area (Å²) in [5.74, 6) is 0. The fourth-order valence-electron chi connectivity index (χ4n) is 9.96. The topological polar surface area (TPSA) is 31.3 Å². The number of benzene rings is 9. The monoisotopic (exact) mass is 751 g/mol. The van der Waals surface area contributed by atoms with E-state index in [0.29, 0.717) is 0 Å². The van der Waals surface area contributed by atoms with Gasteiger partial charge in [-0.1, -0.05) is 121 Å². The van der Waals surface area contributed by atoms with Gasteiger partial charge in [-0.2, -0.15) is 0 Å². The van der Waals surface area contributed by atoms with Crippen LogP contribution in [0.25, 0.3) is 115 Å². The second-order valence-corrected chi connectivity index (χ2v) is 15.7. The van der Waals surface area contributed by atoms with Gasteiger partial charge in [0, 0.05) is 54.5 Å². The van der Waals surface area contributed by atoms with Crippen molar-refractivity contribution in [3.63, 3.8) is 0 Å². The predicted molar refractivity (Wildman–Crippen MR) is 247 cm³/mol. The third-order valence-electron chi connectivity index (χ3n) is 12.6. The highest BCUT2D eigenvalue weighted by molar-refractivity contribution is 6.21. The molecule has 0 aliphatic rings. The van der Waals surface area contributed by atoms with Gasteiger partial charge in [-0.25, -0.2) is 0 Å². The summed E-state index contributed by atoms with van der Waals surface area (Å²) >= 11 is 0. The molecule has 0 saturated heterocycles. The zero-order valence-electron chi connectivity index (χ0n) is 31.8. The zero-order chi connectivity index (χ0) is 38.8. The van der Waals surface area contributed by atoms with Crippen molar-refractivity contribution in [3.8, 4) is 33.6 Å². The van der Waals surface area contributed by atoms with Crippen LogP contribution in [-0.4, -0.2) is 13.5 Å². The molecule has 4 heterocycles. The Hall–Kier alpha value is -7.95. The van der Waals surface area contributed by atoms with E-state index in [4.69, 9.17) is 0 Å². The molecule has 0 unspecified atom stereocenters. The third-order valence-corrected chi connectivity index (χ3v) is 12.6. The number of aromatic nitrogens is 3. The lowest BCUT2D eigenvalue weighted by atomic mass is 9.99. The standard InChI is InChI=1S/C55H33N3O/c59-55-45-19-5-4-16-40(45)43-20-11-21-44-46-31-36(26-29-53(46)58(55)54(43)44)37-25-28-52-48(33-37)47-32-35(24-27-51(47)56(52)38-13-2-1-3-14-38)34-12-10-15-39(30-34)57-49-22-8-6-17-41(49)42-18-7-9-23-50(42)57/h1-33H. The molecule has 13 rings (SSSR count). The lowest BCUT2D eigenvalue weighted by Crippen LogP contribution is -2.12. The van der Waals surface area contributed by atoms with Crippen molar-refractivity contribution in [2.24, 2.45) is 0 Å². The van der Waals surface area contributed by atoms with Crippen LogP contribution in [0, 0.1) is 0 Å². The number of hydrogen-bond acceptors (Lipinski definition) is 1. The Bertz CT molecular complexity index is 3870. The van der Waals surface area contributed by atoms with Gasteiger partial charge in [0.2, 0.25) is 0 Å². The van der Waals surface area contributed by atoms with Gasteiger partial charge in [0.05, 0.1) is 33.1 Å². The highest BCUT2D eigenvalue weighted by Crippen LogP contribution is 2.40. The van der Waals surface area contributed by atoms with E-state index in [0.717, 1.165) is 71.5 Å². The Morgan fingerprint density at radius 2 is 0.695 bits per heavy atom. The molecule has 0 amide bonds. The summed E-state index contributed by atoms with van der Waals surface area (Å²) in [6, 6.07) is 71.6. The van der Waals surface area contributed by atoms with Gasteiger partial charge in [0.15, 0.2) is 0 Å². The summed E-state index contributed by atoms with van der Waals surface area (Å²) in [5.41, 5.74) is 13.5. The van der Waals surface area contributed by atoms with E-state index in [1.807, 2.05) is 22.6 Å². The van der Waals surface area contributed by atoms with Crippen LogP contribution in [0.4, 0.5) is 0 Å². The van der Waals surface area contributed by atoms with Crippen molar-refractivity contribution in [2.75, 3.05) is 0 Å². The molecule has 0 atom stereocenters. The molecule has 274 valence electrons. The summed E-state index contributed by atoms with van der Waals surface area (Å²) in [6.07, 6.45) is 0. The van der Waals surface area contributed by atoms with Gasteiger partial charge < -0.3 is 9.13 Å². The number of pyridine rings is 1. The molecule has 0 bridgehead atoms. The maximum absolute atomic E-state index is 14.0. The van der Waals surface area contributed by atoms with Crippen LogP contribution >= 0.6 is 0 Å². The molecular formula is C55H33N3O. The van der Waals surface area contributed by atoms with E-state index in [1.165, 1.54) is 43.7 Å². The molecule has 9 aromatic carbocycles. The van der Waals surface area contributed by atoms with Crippen LogP contribution in [0.1, 0.15) is 0 Å². The molecule has 0 aliphatic heterocycles. The molecule has 13 aromatic rings. The highest BCUT2D eigenvalue weighted by Gasteiger charge is 2.19. The van der Waals surface area contributed by atoms with E-state index in [2.05, 4.69) is 191 Å². The normalized spacial score (nSPS) is 12.1. The predicted octanol–water partition coefficient (Wildman–Crippen LogP) is 13.7. The first kappa shape index (κ1) is 32.2. The Kier molecular flexibility index (Phi) is 6.56. The van der Waals surface area contributed by atoms with E-state index < -0.39 is 0 Å². The first-order valence-corrected chi connectivity index (χ1v) is 20.1. The second kappa shape index (κ2) is 12.0. The minimum absolute atomic E-state index is 0.0265. The van der Waals surface area contributed by atoms with Crippen molar-refractivity contribution in [3.05, 3.63) is 211 Å². The maximum atomic E-state index is 14.0. The van der Waals surface area contributed by atoms with Crippen molar-refractivity contribution >= 4 is 81.6 Å². The van der Waals surface area contributed by atoms with Crippen molar-refractivity contribution < 1.29 is 0 Å². The fraction of sp³-hybridized carbons (Fsp3) is 0. The van der Waals surface area contributed by atoms with Crippen molar-refractivity contribution in [1.82, 2.24) is 13.5 Å². The molecule has 0 saturated carbocycles. The number of rotatable bonds is 4. The first-order chi connectivity index (χ1) is 29.2. The van der Waals surface area contributed by atoms with Crippen LogP contribution in [0.15, 0.2) is 205 Å². The molecule has 0 spiro atoms. The Labute approximate surface area is 338 Å². The average molecular weight is 752 g/mol. The molecule has 4 heteroatoms. The van der Waals surface area contributed by atoms with Gasteiger partial charge in [-0.3, -0.25) is 9.20 Å². The molecule has 4 aromatic heterocycles. The van der Waals surface area contributed by atoms with Crippen molar-refractivity contribution in [2.45, 2.75) is 0 Å². The van der Waals surface area contributed by atoms with Crippen molar-refractivity contribution in [1.29, 1.82) is 0 Å². The lowest BCUT2D eigenvalue weighted by Gasteiger charge is -2.11. The summed E-state index contributed by atoms with van der Waals surface area (Å²) in [7, 11) is 0. The number of para-hydroxylation sites is 4. The smallest absolute Gasteiger partial charge is 0.263 e. The minimum Gasteiger partial charge on any atom is -0.309 e. The van der Waals surface area contributed by atoms with Gasteiger partial charge >= 0.3 is 0 Å². The number of nitrogens with zero attached hydrogens (tertiary/aromatic N) is 3. The first-order valence-electron chi connectivity index (χ1n) is 20.1. The van der Waals surface area contributed by atoms with Gasteiger partial charge in [-0.05, 0) is 107 Å². The fourth-order valence-corrected chi connectivity index (χ4v) is 9.96. The van der Waals surface area contributed by atoms with Crippen LogP contribution in [0.5, 0.6) is 0 Å². The van der Waals surface area contributed by atoms with Crippen LogP contribution in [0.3, 0.4) is 0 Å². The molecule has 0 fully saturated rings. The summed E-state index contributed by atoms with van der Waals surface area (Å²) < 4.78 is 6.68. The van der Waals surface area contributed by atoms with Crippen LogP contribution in [-0.2, 0) is 0 Å². The molecule has 0 N–H and O–H groups in total. The van der Waals surface area contributed by atoms with Gasteiger partial charge in [0.25, 0.3) is 5.56 Å². The van der Waals surface area contributed by atoms with E-state index in [9.17, 15) is 4.79 Å². The lowest BCUT2D eigenvalue weighted by molar-refractivity contribution is 1.18. The summed E-state index contributed by atoms with van der Waals surface area (Å²) in [5, 5.41) is 9.91. The zero-order valence-corrected chi connectivity index (χ0v) is 31.8. The molecule has 0 aliphatic carbocycles. The molecule has 59 heavy (non-hydrogen) atoms. The molecule has 4 nitrogen and oxygen atoms in total. The molecular weight excluding hydrogens is 719 g/mol. The third kappa shape index (κ3) is 4.51. The summed E-state index contributed by atoms with van der Waals surface area (Å²) in [6.45, 7) is 0. The maximum Gasteiger partial charge on any atom is 0.263 e. The average Bonchev–Trinajstić information content (AvgIpc) is 3.94.